The largest absolute Gasteiger partial charge is 0.388 e. The summed E-state index contributed by atoms with van der Waals surface area (Å²) >= 11 is 6.10. The molecule has 0 aromatic heterocycles. The van der Waals surface area contributed by atoms with Gasteiger partial charge in [0.2, 0.25) is 5.91 Å². The van der Waals surface area contributed by atoms with Gasteiger partial charge in [-0.05, 0) is 17.7 Å². The highest BCUT2D eigenvalue weighted by molar-refractivity contribution is 6.31. The van der Waals surface area contributed by atoms with E-state index < -0.39 is 11.5 Å². The molecule has 0 saturated carbocycles. The van der Waals surface area contributed by atoms with Crippen molar-refractivity contribution in [2.45, 2.75) is 25.0 Å². The number of hydrogen-bond donors (Lipinski definition) is 3. The molecular formula is C14H19ClN2O3. The van der Waals surface area contributed by atoms with Crippen LogP contribution in [0.15, 0.2) is 18.2 Å². The molecule has 0 radical (unpaired) electrons. The molecule has 5 nitrogen and oxygen atoms in total. The molecule has 6 heteroatoms. The average Bonchev–Trinajstić information content (AvgIpc) is 2.41. The molecule has 1 amide bonds. The summed E-state index contributed by atoms with van der Waals surface area (Å²) in [5.41, 5.74) is 5.74. The smallest absolute Gasteiger partial charge is 0.248 e. The SMILES string of the molecule is NC(=O)c1ccc(CNCC2(O)CCOCC2)c(Cl)c1. The van der Waals surface area contributed by atoms with Crippen LogP contribution in [0.4, 0.5) is 0 Å². The number of rotatable bonds is 5. The molecule has 0 spiro atoms. The Hall–Kier alpha value is -1.14. The zero-order valence-electron chi connectivity index (χ0n) is 11.2. The van der Waals surface area contributed by atoms with Crippen molar-refractivity contribution in [3.05, 3.63) is 34.3 Å². The number of halogens is 1. The number of benzene rings is 1. The number of hydrogen-bond acceptors (Lipinski definition) is 4. The molecule has 0 bridgehead atoms. The summed E-state index contributed by atoms with van der Waals surface area (Å²) in [5.74, 6) is -0.497. The van der Waals surface area contributed by atoms with Crippen LogP contribution in [0.1, 0.15) is 28.8 Å². The summed E-state index contributed by atoms with van der Waals surface area (Å²) in [6.07, 6.45) is 1.27. The van der Waals surface area contributed by atoms with Gasteiger partial charge in [-0.15, -0.1) is 0 Å². The Bertz CT molecular complexity index is 487. The van der Waals surface area contributed by atoms with Crippen LogP contribution < -0.4 is 11.1 Å². The first-order valence-corrected chi connectivity index (χ1v) is 6.97. The Morgan fingerprint density at radius 3 is 2.75 bits per heavy atom. The summed E-state index contributed by atoms with van der Waals surface area (Å²) in [6, 6.07) is 4.97. The third-order valence-corrected chi connectivity index (χ3v) is 3.88. The van der Waals surface area contributed by atoms with Gasteiger partial charge in [0.05, 0.1) is 5.60 Å². The lowest BCUT2D eigenvalue weighted by Gasteiger charge is -2.32. The lowest BCUT2D eigenvalue weighted by molar-refractivity contribution is -0.0617. The van der Waals surface area contributed by atoms with E-state index in [-0.39, 0.29) is 0 Å². The van der Waals surface area contributed by atoms with Gasteiger partial charge in [0.1, 0.15) is 0 Å². The Labute approximate surface area is 123 Å². The quantitative estimate of drug-likeness (QED) is 0.759. The van der Waals surface area contributed by atoms with Crippen molar-refractivity contribution in [1.82, 2.24) is 5.32 Å². The standard InChI is InChI=1S/C14H19ClN2O3/c15-12-7-10(13(16)18)1-2-11(12)8-17-9-14(19)3-5-20-6-4-14/h1-2,7,17,19H,3-6,8-9H2,(H2,16,18). The fourth-order valence-corrected chi connectivity index (χ4v) is 2.45. The van der Waals surface area contributed by atoms with Gasteiger partial charge in [-0.25, -0.2) is 0 Å². The maximum atomic E-state index is 11.0. The van der Waals surface area contributed by atoms with E-state index >= 15 is 0 Å². The number of aliphatic hydroxyl groups is 1. The van der Waals surface area contributed by atoms with E-state index in [2.05, 4.69) is 5.32 Å². The molecule has 1 aromatic carbocycles. The van der Waals surface area contributed by atoms with Gasteiger partial charge in [-0.3, -0.25) is 4.79 Å². The van der Waals surface area contributed by atoms with Crippen LogP contribution in [0.25, 0.3) is 0 Å². The van der Waals surface area contributed by atoms with Crippen LogP contribution in [0, 0.1) is 0 Å². The first kappa shape index (κ1) is 15.3. The average molecular weight is 299 g/mol. The number of amides is 1. The topological polar surface area (TPSA) is 84.6 Å². The minimum Gasteiger partial charge on any atom is -0.388 e. The van der Waals surface area contributed by atoms with E-state index in [1.165, 1.54) is 0 Å². The number of carbonyl (C=O) groups excluding carboxylic acids is 1. The predicted molar refractivity (Wildman–Crippen MR) is 76.7 cm³/mol. The number of ether oxygens (including phenoxy) is 1. The molecular weight excluding hydrogens is 280 g/mol. The fourth-order valence-electron chi connectivity index (χ4n) is 2.20. The molecule has 1 heterocycles. The summed E-state index contributed by atoms with van der Waals surface area (Å²) in [7, 11) is 0. The van der Waals surface area contributed by atoms with Crippen molar-refractivity contribution < 1.29 is 14.6 Å². The van der Waals surface area contributed by atoms with Crippen molar-refractivity contribution in [2.24, 2.45) is 5.73 Å². The van der Waals surface area contributed by atoms with Gasteiger partial charge in [-0.1, -0.05) is 17.7 Å². The number of nitrogens with one attached hydrogen (secondary N) is 1. The first-order valence-electron chi connectivity index (χ1n) is 6.59. The lowest BCUT2D eigenvalue weighted by atomic mass is 9.94. The fraction of sp³-hybridized carbons (Fsp3) is 0.500. The summed E-state index contributed by atoms with van der Waals surface area (Å²) in [6.45, 7) is 2.20. The Kier molecular flexibility index (Phi) is 4.99. The normalized spacial score (nSPS) is 17.9. The molecule has 0 atom stereocenters. The molecule has 1 aliphatic rings. The molecule has 20 heavy (non-hydrogen) atoms. The maximum Gasteiger partial charge on any atom is 0.248 e. The van der Waals surface area contributed by atoms with Crippen molar-refractivity contribution >= 4 is 17.5 Å². The molecule has 0 unspecified atom stereocenters. The highest BCUT2D eigenvalue weighted by atomic mass is 35.5. The Morgan fingerprint density at radius 2 is 2.15 bits per heavy atom. The van der Waals surface area contributed by atoms with Gasteiger partial charge in [0, 0.05) is 49.7 Å². The van der Waals surface area contributed by atoms with Crippen molar-refractivity contribution in [1.29, 1.82) is 0 Å². The number of carbonyl (C=O) groups is 1. The molecule has 1 saturated heterocycles. The molecule has 1 aromatic rings. The minimum absolute atomic E-state index is 0.391. The van der Waals surface area contributed by atoms with Crippen LogP contribution in [0.5, 0.6) is 0 Å². The van der Waals surface area contributed by atoms with E-state index in [1.54, 1.807) is 18.2 Å². The van der Waals surface area contributed by atoms with E-state index in [9.17, 15) is 9.90 Å². The van der Waals surface area contributed by atoms with Crippen LogP contribution in [-0.4, -0.2) is 36.4 Å². The Morgan fingerprint density at radius 1 is 1.45 bits per heavy atom. The third kappa shape index (κ3) is 3.93. The van der Waals surface area contributed by atoms with E-state index in [4.69, 9.17) is 22.1 Å². The predicted octanol–water partition coefficient (Wildman–Crippen LogP) is 1.07. The van der Waals surface area contributed by atoms with Crippen molar-refractivity contribution in [2.75, 3.05) is 19.8 Å². The van der Waals surface area contributed by atoms with Crippen LogP contribution >= 0.6 is 11.6 Å². The molecule has 0 aliphatic carbocycles. The highest BCUT2D eigenvalue weighted by Gasteiger charge is 2.29. The molecule has 2 rings (SSSR count). The van der Waals surface area contributed by atoms with Crippen LogP contribution in [-0.2, 0) is 11.3 Å². The summed E-state index contributed by atoms with van der Waals surface area (Å²) in [4.78, 5) is 11.0. The van der Waals surface area contributed by atoms with Crippen LogP contribution in [0.2, 0.25) is 5.02 Å². The third-order valence-electron chi connectivity index (χ3n) is 3.53. The van der Waals surface area contributed by atoms with Crippen LogP contribution in [0.3, 0.4) is 0 Å². The second-order valence-corrected chi connectivity index (χ2v) is 5.52. The highest BCUT2D eigenvalue weighted by Crippen LogP contribution is 2.21. The molecule has 110 valence electrons. The van der Waals surface area contributed by atoms with Gasteiger partial charge < -0.3 is 20.9 Å². The molecule has 1 aliphatic heterocycles. The zero-order chi connectivity index (χ0) is 14.6. The van der Waals surface area contributed by atoms with E-state index in [1.807, 2.05) is 0 Å². The minimum atomic E-state index is -0.710. The summed E-state index contributed by atoms with van der Waals surface area (Å²) in [5, 5.41) is 14.0. The van der Waals surface area contributed by atoms with Gasteiger partial charge in [-0.2, -0.15) is 0 Å². The van der Waals surface area contributed by atoms with E-state index in [0.29, 0.717) is 49.7 Å². The van der Waals surface area contributed by atoms with Gasteiger partial charge in [0.25, 0.3) is 0 Å². The van der Waals surface area contributed by atoms with Gasteiger partial charge >= 0.3 is 0 Å². The van der Waals surface area contributed by atoms with E-state index in [0.717, 1.165) is 5.56 Å². The van der Waals surface area contributed by atoms with Gasteiger partial charge in [0.15, 0.2) is 0 Å². The monoisotopic (exact) mass is 298 g/mol. The number of primary amides is 1. The first-order chi connectivity index (χ1) is 9.50. The second kappa shape index (κ2) is 6.54. The lowest BCUT2D eigenvalue weighted by Crippen LogP contribution is -2.44. The van der Waals surface area contributed by atoms with Crippen molar-refractivity contribution in [3.8, 4) is 0 Å². The molecule has 4 N–H and O–H groups in total. The van der Waals surface area contributed by atoms with Crippen molar-refractivity contribution in [3.63, 3.8) is 0 Å². The zero-order valence-corrected chi connectivity index (χ0v) is 11.9. The Balaban J connectivity index is 1.89. The molecule has 1 fully saturated rings. The summed E-state index contributed by atoms with van der Waals surface area (Å²) < 4.78 is 5.23. The second-order valence-electron chi connectivity index (χ2n) is 5.11. The number of nitrogens with two attached hydrogens (primary N) is 1. The maximum absolute atomic E-state index is 11.0.